The minimum atomic E-state index is -0.106. The summed E-state index contributed by atoms with van der Waals surface area (Å²) >= 11 is 1.57. The number of thioether (sulfide) groups is 1. The predicted octanol–water partition coefficient (Wildman–Crippen LogP) is 3.39. The third-order valence-electron chi connectivity index (χ3n) is 4.10. The highest BCUT2D eigenvalue weighted by molar-refractivity contribution is 8.00. The maximum Gasteiger partial charge on any atom is 0.233 e. The highest BCUT2D eigenvalue weighted by Crippen LogP contribution is 2.35. The fourth-order valence-corrected chi connectivity index (χ4v) is 3.77. The van der Waals surface area contributed by atoms with E-state index in [0.29, 0.717) is 19.3 Å². The fourth-order valence-electron chi connectivity index (χ4n) is 2.86. The normalized spacial score (nSPS) is 19.5. The van der Waals surface area contributed by atoms with Crippen molar-refractivity contribution in [1.29, 1.82) is 0 Å². The van der Waals surface area contributed by atoms with Gasteiger partial charge in [-0.25, -0.2) is 0 Å². The van der Waals surface area contributed by atoms with E-state index in [1.165, 1.54) is 12.8 Å². The van der Waals surface area contributed by atoms with Crippen molar-refractivity contribution in [1.82, 2.24) is 5.32 Å². The van der Waals surface area contributed by atoms with E-state index in [-0.39, 0.29) is 11.2 Å². The molecule has 1 amide bonds. The first-order valence-electron chi connectivity index (χ1n) is 8.09. The quantitative estimate of drug-likeness (QED) is 0.864. The molecule has 0 saturated heterocycles. The van der Waals surface area contributed by atoms with Crippen LogP contribution in [-0.4, -0.2) is 30.4 Å². The van der Waals surface area contributed by atoms with E-state index in [4.69, 9.17) is 9.47 Å². The summed E-state index contributed by atoms with van der Waals surface area (Å²) in [5.41, 5.74) is 0. The lowest BCUT2D eigenvalue weighted by Crippen LogP contribution is -2.37. The Bertz CT molecular complexity index is 529. The molecule has 1 aliphatic carbocycles. The zero-order valence-electron chi connectivity index (χ0n) is 13.0. The number of nitrogens with one attached hydrogen (secondary N) is 1. The van der Waals surface area contributed by atoms with Crippen molar-refractivity contribution < 1.29 is 14.3 Å². The number of benzene rings is 1. The fraction of sp³-hybridized carbons (Fsp3) is 0.588. The molecule has 1 N–H and O–H groups in total. The van der Waals surface area contributed by atoms with Gasteiger partial charge in [-0.2, -0.15) is 0 Å². The van der Waals surface area contributed by atoms with Gasteiger partial charge in [0, 0.05) is 17.4 Å². The van der Waals surface area contributed by atoms with Crippen molar-refractivity contribution in [3.05, 3.63) is 18.2 Å². The molecule has 0 spiro atoms. The van der Waals surface area contributed by atoms with Gasteiger partial charge < -0.3 is 14.8 Å². The van der Waals surface area contributed by atoms with E-state index in [1.54, 1.807) is 11.8 Å². The molecule has 120 valence electrons. The Labute approximate surface area is 135 Å². The van der Waals surface area contributed by atoms with Crippen LogP contribution in [0, 0.1) is 0 Å². The van der Waals surface area contributed by atoms with Crippen molar-refractivity contribution >= 4 is 17.7 Å². The standard InChI is InChI=1S/C17H23NO3S/c1-12(17(19)18-13-5-2-3-6-13)22-14-7-8-15-16(11-14)21-10-4-9-20-15/h7-8,11-13H,2-6,9-10H2,1H3,(H,18,19). The highest BCUT2D eigenvalue weighted by Gasteiger charge is 2.21. The zero-order valence-corrected chi connectivity index (χ0v) is 13.8. The topological polar surface area (TPSA) is 47.6 Å². The Balaban J connectivity index is 1.59. The summed E-state index contributed by atoms with van der Waals surface area (Å²) in [5.74, 6) is 1.71. The second-order valence-electron chi connectivity index (χ2n) is 5.91. The van der Waals surface area contributed by atoms with Gasteiger partial charge in [-0.1, -0.05) is 12.8 Å². The highest BCUT2D eigenvalue weighted by atomic mass is 32.2. The first kappa shape index (κ1) is 15.5. The van der Waals surface area contributed by atoms with Gasteiger partial charge in [0.1, 0.15) is 0 Å². The number of carbonyl (C=O) groups excluding carboxylic acids is 1. The van der Waals surface area contributed by atoms with Gasteiger partial charge in [0.25, 0.3) is 0 Å². The monoisotopic (exact) mass is 321 g/mol. The number of ether oxygens (including phenoxy) is 2. The van der Waals surface area contributed by atoms with Crippen LogP contribution >= 0.6 is 11.8 Å². The Kier molecular flexibility index (Phi) is 5.13. The SMILES string of the molecule is CC(Sc1ccc2c(c1)OCCCO2)C(=O)NC1CCCC1. The minimum absolute atomic E-state index is 0.106. The van der Waals surface area contributed by atoms with Crippen LogP contribution in [-0.2, 0) is 4.79 Å². The number of carbonyl (C=O) groups is 1. The van der Waals surface area contributed by atoms with E-state index < -0.39 is 0 Å². The maximum absolute atomic E-state index is 12.3. The van der Waals surface area contributed by atoms with Gasteiger partial charge in [0.2, 0.25) is 5.91 Å². The molecule has 0 radical (unpaired) electrons. The van der Waals surface area contributed by atoms with Crippen LogP contribution in [0.25, 0.3) is 0 Å². The number of fused-ring (bicyclic) bond motifs is 1. The second kappa shape index (κ2) is 7.27. The third-order valence-corrected chi connectivity index (χ3v) is 5.20. The van der Waals surface area contributed by atoms with Gasteiger partial charge >= 0.3 is 0 Å². The predicted molar refractivity (Wildman–Crippen MR) is 87.8 cm³/mol. The molecule has 0 bridgehead atoms. The van der Waals surface area contributed by atoms with E-state index in [2.05, 4.69) is 5.32 Å². The van der Waals surface area contributed by atoms with Crippen LogP contribution in [0.5, 0.6) is 11.5 Å². The Morgan fingerprint density at radius 2 is 1.91 bits per heavy atom. The van der Waals surface area contributed by atoms with E-state index in [1.807, 2.05) is 25.1 Å². The van der Waals surface area contributed by atoms with Crippen LogP contribution in [0.15, 0.2) is 23.1 Å². The van der Waals surface area contributed by atoms with Gasteiger partial charge in [0.05, 0.1) is 18.5 Å². The summed E-state index contributed by atoms with van der Waals surface area (Å²) in [4.78, 5) is 13.3. The summed E-state index contributed by atoms with van der Waals surface area (Å²) in [7, 11) is 0. The number of rotatable bonds is 4. The molecular weight excluding hydrogens is 298 g/mol. The molecule has 1 unspecified atom stereocenters. The zero-order chi connectivity index (χ0) is 15.4. The van der Waals surface area contributed by atoms with Crippen molar-refractivity contribution in [3.63, 3.8) is 0 Å². The molecule has 22 heavy (non-hydrogen) atoms. The Morgan fingerprint density at radius 3 is 2.68 bits per heavy atom. The third kappa shape index (κ3) is 3.88. The molecule has 4 nitrogen and oxygen atoms in total. The average molecular weight is 321 g/mol. The number of amides is 1. The van der Waals surface area contributed by atoms with Gasteiger partial charge in [-0.15, -0.1) is 11.8 Å². The van der Waals surface area contributed by atoms with Crippen molar-refractivity contribution in [2.24, 2.45) is 0 Å². The van der Waals surface area contributed by atoms with Crippen molar-refractivity contribution in [2.45, 2.75) is 55.2 Å². The number of hydrogen-bond acceptors (Lipinski definition) is 4. The van der Waals surface area contributed by atoms with Crippen LogP contribution < -0.4 is 14.8 Å². The minimum Gasteiger partial charge on any atom is -0.490 e. The first-order chi connectivity index (χ1) is 10.7. The average Bonchev–Trinajstić information content (AvgIpc) is 2.90. The van der Waals surface area contributed by atoms with Crippen molar-refractivity contribution in [3.8, 4) is 11.5 Å². The lowest BCUT2D eigenvalue weighted by molar-refractivity contribution is -0.120. The smallest absolute Gasteiger partial charge is 0.233 e. The van der Waals surface area contributed by atoms with Gasteiger partial charge in [-0.05, 0) is 38.0 Å². The Hall–Kier alpha value is -1.36. The van der Waals surface area contributed by atoms with E-state index >= 15 is 0 Å². The van der Waals surface area contributed by atoms with Gasteiger partial charge in [-0.3, -0.25) is 4.79 Å². The molecule has 1 saturated carbocycles. The molecule has 1 fully saturated rings. The number of hydrogen-bond donors (Lipinski definition) is 1. The summed E-state index contributed by atoms with van der Waals surface area (Å²) in [6.45, 7) is 3.33. The van der Waals surface area contributed by atoms with E-state index in [9.17, 15) is 4.79 Å². The molecule has 1 aromatic rings. The molecular formula is C17H23NO3S. The molecule has 1 aromatic carbocycles. The summed E-state index contributed by atoms with van der Waals surface area (Å²) in [6, 6.07) is 6.28. The van der Waals surface area contributed by atoms with E-state index in [0.717, 1.165) is 35.7 Å². The Morgan fingerprint density at radius 1 is 1.18 bits per heavy atom. The lowest BCUT2D eigenvalue weighted by atomic mass is 10.2. The van der Waals surface area contributed by atoms with Crippen LogP contribution in [0.4, 0.5) is 0 Å². The maximum atomic E-state index is 12.3. The summed E-state index contributed by atoms with van der Waals surface area (Å²) < 4.78 is 11.3. The molecule has 1 heterocycles. The van der Waals surface area contributed by atoms with Crippen LogP contribution in [0.1, 0.15) is 39.0 Å². The molecule has 2 aliphatic rings. The van der Waals surface area contributed by atoms with Crippen molar-refractivity contribution in [2.75, 3.05) is 13.2 Å². The first-order valence-corrected chi connectivity index (χ1v) is 8.97. The molecule has 0 aromatic heterocycles. The second-order valence-corrected chi connectivity index (χ2v) is 7.32. The van der Waals surface area contributed by atoms with Crippen LogP contribution in [0.2, 0.25) is 0 Å². The summed E-state index contributed by atoms with van der Waals surface area (Å²) in [5, 5.41) is 3.05. The molecule has 1 atom stereocenters. The summed E-state index contributed by atoms with van der Waals surface area (Å²) in [6.07, 6.45) is 5.60. The molecule has 3 rings (SSSR count). The van der Waals surface area contributed by atoms with Gasteiger partial charge in [0.15, 0.2) is 11.5 Å². The van der Waals surface area contributed by atoms with Crippen LogP contribution in [0.3, 0.4) is 0 Å². The lowest BCUT2D eigenvalue weighted by Gasteiger charge is -2.17. The largest absolute Gasteiger partial charge is 0.490 e. The molecule has 5 heteroatoms. The molecule has 1 aliphatic heterocycles.